The van der Waals surface area contributed by atoms with Crippen molar-refractivity contribution in [2.24, 2.45) is 0 Å². The van der Waals surface area contributed by atoms with Gasteiger partial charge in [-0.2, -0.15) is 0 Å². The molecule has 0 spiro atoms. The Morgan fingerprint density at radius 3 is 2.92 bits per heavy atom. The molecular weight excluding hydrogens is 360 g/mol. The summed E-state index contributed by atoms with van der Waals surface area (Å²) in [5.74, 6) is 0.143. The van der Waals surface area contributed by atoms with Gasteiger partial charge in [0, 0.05) is 29.4 Å². The van der Waals surface area contributed by atoms with E-state index in [9.17, 15) is 4.79 Å². The average Bonchev–Trinajstić information content (AvgIpc) is 3.21. The third-order valence-electron chi connectivity index (χ3n) is 3.61. The molecule has 1 N–H and O–H groups in total. The van der Waals surface area contributed by atoms with Crippen LogP contribution < -0.4 is 5.43 Å². The Bertz CT molecular complexity index is 1090. The summed E-state index contributed by atoms with van der Waals surface area (Å²) in [5.41, 5.74) is 4.56. The molecule has 7 nitrogen and oxygen atoms in total. The predicted molar refractivity (Wildman–Crippen MR) is 96.3 cm³/mol. The Hall–Kier alpha value is -2.84. The van der Waals surface area contributed by atoms with E-state index in [1.807, 2.05) is 12.1 Å². The molecule has 0 atom stereocenters. The van der Waals surface area contributed by atoms with E-state index in [4.69, 9.17) is 11.6 Å². The summed E-state index contributed by atoms with van der Waals surface area (Å²) in [6, 6.07) is 3.77. The number of amides is 1. The van der Waals surface area contributed by atoms with E-state index in [0.717, 1.165) is 10.9 Å². The van der Waals surface area contributed by atoms with E-state index >= 15 is 0 Å². The zero-order valence-electron chi connectivity index (χ0n) is 13.0. The molecule has 0 saturated heterocycles. The number of nitrogens with zero attached hydrogens (tertiary/aromatic N) is 5. The van der Waals surface area contributed by atoms with Gasteiger partial charge in [-0.15, -0.1) is 11.3 Å². The number of rotatable bonds is 3. The van der Waals surface area contributed by atoms with Gasteiger partial charge < -0.3 is 0 Å². The number of nitrogens with one attached hydrogen (secondary N) is 1. The number of pyridine rings is 1. The molecule has 4 heterocycles. The molecular formula is C16H11ClN6OS. The molecule has 4 aromatic rings. The number of carbonyl (C=O) groups is 1. The summed E-state index contributed by atoms with van der Waals surface area (Å²) < 4.78 is 1.62. The average molecular weight is 371 g/mol. The second-order valence-corrected chi connectivity index (χ2v) is 6.47. The molecule has 0 unspecified atom stereocenters. The third-order valence-corrected chi connectivity index (χ3v) is 4.77. The fourth-order valence-corrected chi connectivity index (χ4v) is 3.28. The molecule has 0 fully saturated rings. The lowest BCUT2D eigenvalue weighted by Gasteiger charge is -2.09. The fourth-order valence-electron chi connectivity index (χ4n) is 2.39. The van der Waals surface area contributed by atoms with Gasteiger partial charge in [0.2, 0.25) is 0 Å². The van der Waals surface area contributed by atoms with Gasteiger partial charge in [-0.1, -0.05) is 11.6 Å². The molecule has 9 heteroatoms. The van der Waals surface area contributed by atoms with Crippen LogP contribution in [0, 0.1) is 6.92 Å². The molecule has 0 aliphatic carbocycles. The quantitative estimate of drug-likeness (QED) is 0.598. The first-order valence-electron chi connectivity index (χ1n) is 7.29. The van der Waals surface area contributed by atoms with Crippen molar-refractivity contribution in [3.8, 4) is 10.8 Å². The maximum Gasteiger partial charge on any atom is 0.273 e. The lowest BCUT2D eigenvalue weighted by atomic mass is 10.2. The standard InChI is InChI=1S/C16H11ClN6OS/c1-9-11(6-19-14(20-9)16-21-13(17)8-25-16)15(24)22-23-5-3-10-2-4-18-7-12(10)23/h2-8H,1H3,(H,22,24). The maximum absolute atomic E-state index is 12.6. The number of aromatic nitrogens is 5. The minimum Gasteiger partial charge on any atom is -0.267 e. The SMILES string of the molecule is Cc1nc(-c2nc(Cl)cs2)ncc1C(=O)Nn1ccc2ccncc21. The highest BCUT2D eigenvalue weighted by atomic mass is 35.5. The first-order chi connectivity index (χ1) is 12.1. The fraction of sp³-hybridized carbons (Fsp3) is 0.0625. The van der Waals surface area contributed by atoms with Crippen molar-refractivity contribution in [1.82, 2.24) is 24.6 Å². The predicted octanol–water partition coefficient (Wildman–Crippen LogP) is 3.30. The minimum atomic E-state index is -0.303. The van der Waals surface area contributed by atoms with Crippen LogP contribution in [0.25, 0.3) is 21.7 Å². The summed E-state index contributed by atoms with van der Waals surface area (Å²) in [6.07, 6.45) is 6.66. The van der Waals surface area contributed by atoms with Gasteiger partial charge in [-0.3, -0.25) is 19.9 Å². The van der Waals surface area contributed by atoms with Crippen LogP contribution in [0.4, 0.5) is 0 Å². The van der Waals surface area contributed by atoms with Crippen molar-refractivity contribution >= 4 is 39.7 Å². The van der Waals surface area contributed by atoms with Crippen molar-refractivity contribution in [2.75, 3.05) is 5.43 Å². The lowest BCUT2D eigenvalue weighted by Crippen LogP contribution is -2.23. The number of fused-ring (bicyclic) bond motifs is 1. The molecule has 4 aromatic heterocycles. The molecule has 0 aromatic carbocycles. The van der Waals surface area contributed by atoms with E-state index in [2.05, 4.69) is 25.4 Å². The van der Waals surface area contributed by atoms with Crippen LogP contribution in [-0.4, -0.2) is 30.5 Å². The number of hydrogen-bond acceptors (Lipinski definition) is 6. The van der Waals surface area contributed by atoms with Crippen LogP contribution in [0.3, 0.4) is 0 Å². The van der Waals surface area contributed by atoms with Crippen molar-refractivity contribution in [3.63, 3.8) is 0 Å². The summed E-state index contributed by atoms with van der Waals surface area (Å²) >= 11 is 7.18. The lowest BCUT2D eigenvalue weighted by molar-refractivity contribution is 0.101. The topological polar surface area (TPSA) is 85.6 Å². The molecule has 4 rings (SSSR count). The summed E-state index contributed by atoms with van der Waals surface area (Å²) in [6.45, 7) is 1.75. The van der Waals surface area contributed by atoms with Gasteiger partial charge in [0.15, 0.2) is 10.8 Å². The van der Waals surface area contributed by atoms with Crippen LogP contribution in [0.1, 0.15) is 16.1 Å². The van der Waals surface area contributed by atoms with E-state index in [-0.39, 0.29) is 5.91 Å². The summed E-state index contributed by atoms with van der Waals surface area (Å²) in [7, 11) is 0. The van der Waals surface area contributed by atoms with Gasteiger partial charge in [0.25, 0.3) is 5.91 Å². The van der Waals surface area contributed by atoms with Crippen molar-refractivity contribution < 1.29 is 4.79 Å². The molecule has 124 valence electrons. The first kappa shape index (κ1) is 15.7. The highest BCUT2D eigenvalue weighted by molar-refractivity contribution is 7.13. The van der Waals surface area contributed by atoms with Gasteiger partial charge in [0.1, 0.15) is 5.15 Å². The van der Waals surface area contributed by atoms with Crippen molar-refractivity contribution in [2.45, 2.75) is 6.92 Å². The smallest absolute Gasteiger partial charge is 0.267 e. The monoisotopic (exact) mass is 370 g/mol. The molecule has 0 aliphatic rings. The zero-order valence-corrected chi connectivity index (χ0v) is 14.5. The Morgan fingerprint density at radius 2 is 2.16 bits per heavy atom. The van der Waals surface area contributed by atoms with E-state index in [0.29, 0.717) is 27.2 Å². The van der Waals surface area contributed by atoms with E-state index in [1.54, 1.807) is 35.6 Å². The number of carbonyl (C=O) groups excluding carboxylic acids is 1. The summed E-state index contributed by atoms with van der Waals surface area (Å²) in [5, 5.41) is 3.71. The number of halogens is 1. The van der Waals surface area contributed by atoms with Crippen molar-refractivity contribution in [3.05, 3.63) is 58.7 Å². The van der Waals surface area contributed by atoms with E-state index < -0.39 is 0 Å². The molecule has 0 saturated carbocycles. The number of thiazole rings is 1. The summed E-state index contributed by atoms with van der Waals surface area (Å²) in [4.78, 5) is 29.4. The number of hydrogen-bond donors (Lipinski definition) is 1. The van der Waals surface area contributed by atoms with Gasteiger partial charge >= 0.3 is 0 Å². The molecule has 0 bridgehead atoms. The van der Waals surface area contributed by atoms with Gasteiger partial charge in [0.05, 0.1) is 23.0 Å². The van der Waals surface area contributed by atoms with Crippen LogP contribution in [0.2, 0.25) is 5.15 Å². The Kier molecular flexibility index (Phi) is 3.90. The minimum absolute atomic E-state index is 0.303. The third kappa shape index (κ3) is 2.97. The normalized spacial score (nSPS) is 11.0. The maximum atomic E-state index is 12.6. The molecule has 0 radical (unpaired) electrons. The highest BCUT2D eigenvalue weighted by Gasteiger charge is 2.15. The van der Waals surface area contributed by atoms with Gasteiger partial charge in [-0.25, -0.2) is 15.0 Å². The largest absolute Gasteiger partial charge is 0.273 e. The Morgan fingerprint density at radius 1 is 1.28 bits per heavy atom. The molecule has 25 heavy (non-hydrogen) atoms. The molecule has 1 amide bonds. The second-order valence-electron chi connectivity index (χ2n) is 5.23. The number of aryl methyl sites for hydroxylation is 1. The van der Waals surface area contributed by atoms with Gasteiger partial charge in [-0.05, 0) is 19.1 Å². The Labute approximate surface area is 151 Å². The van der Waals surface area contributed by atoms with Crippen LogP contribution in [0.5, 0.6) is 0 Å². The van der Waals surface area contributed by atoms with Crippen LogP contribution >= 0.6 is 22.9 Å². The zero-order chi connectivity index (χ0) is 17.4. The van der Waals surface area contributed by atoms with E-state index in [1.165, 1.54) is 17.5 Å². The Balaban J connectivity index is 1.62. The van der Waals surface area contributed by atoms with Crippen LogP contribution in [0.15, 0.2) is 42.3 Å². The van der Waals surface area contributed by atoms with Crippen LogP contribution in [-0.2, 0) is 0 Å². The molecule has 0 aliphatic heterocycles. The first-order valence-corrected chi connectivity index (χ1v) is 8.55. The van der Waals surface area contributed by atoms with Crippen molar-refractivity contribution in [1.29, 1.82) is 0 Å². The second kappa shape index (κ2) is 6.23. The highest BCUT2D eigenvalue weighted by Crippen LogP contribution is 2.23.